The van der Waals surface area contributed by atoms with Gasteiger partial charge in [-0.2, -0.15) is 0 Å². The Kier molecular flexibility index (Phi) is 2.13. The van der Waals surface area contributed by atoms with Gasteiger partial charge in [0.1, 0.15) is 17.6 Å². The van der Waals surface area contributed by atoms with Gasteiger partial charge in [0.25, 0.3) is 0 Å². The van der Waals surface area contributed by atoms with E-state index in [9.17, 15) is 5.11 Å². The topological polar surface area (TPSA) is 29.5 Å². The highest BCUT2D eigenvalue weighted by atomic mass is 16.5. The third-order valence-corrected chi connectivity index (χ3v) is 4.21. The van der Waals surface area contributed by atoms with Crippen LogP contribution >= 0.6 is 0 Å². The Morgan fingerprint density at radius 1 is 1.19 bits per heavy atom. The van der Waals surface area contributed by atoms with Crippen molar-refractivity contribution in [1.82, 2.24) is 0 Å². The molecule has 2 nitrogen and oxygen atoms in total. The molecule has 2 heteroatoms. The summed E-state index contributed by atoms with van der Waals surface area (Å²) in [6, 6.07) is 1.92. The van der Waals surface area contributed by atoms with Crippen molar-refractivity contribution < 1.29 is 9.84 Å². The molecule has 2 atom stereocenters. The van der Waals surface area contributed by atoms with Crippen LogP contribution in [0.3, 0.4) is 0 Å². The molecule has 0 saturated heterocycles. The lowest BCUT2D eigenvalue weighted by Gasteiger charge is -2.23. The predicted molar refractivity (Wildman–Crippen MR) is 63.2 cm³/mol. The van der Waals surface area contributed by atoms with Crippen molar-refractivity contribution in [1.29, 1.82) is 0 Å². The molecule has 1 heterocycles. The van der Waals surface area contributed by atoms with Gasteiger partial charge in [0, 0.05) is 11.5 Å². The zero-order valence-corrected chi connectivity index (χ0v) is 9.92. The molecule has 0 aromatic heterocycles. The minimum absolute atomic E-state index is 0.364. The molecule has 0 unspecified atom stereocenters. The molecule has 86 valence electrons. The standard InChI is InChI=1S/C14H18O2/c1-8-9(2)14-11(7-12(8)15)10-5-3-4-6-13(10)16-14/h7,10,13,15H,3-6H2,1-2H3/t10-,13-/m1/s1. The third kappa shape index (κ3) is 1.25. The zero-order chi connectivity index (χ0) is 11.3. The Morgan fingerprint density at radius 3 is 2.75 bits per heavy atom. The fourth-order valence-corrected chi connectivity index (χ4v) is 3.08. The minimum atomic E-state index is 0.364. The number of rotatable bonds is 0. The first-order valence-corrected chi connectivity index (χ1v) is 6.18. The number of ether oxygens (including phenoxy) is 1. The highest BCUT2D eigenvalue weighted by Crippen LogP contribution is 2.49. The highest BCUT2D eigenvalue weighted by molar-refractivity contribution is 5.55. The molecule has 0 bridgehead atoms. The molecule has 16 heavy (non-hydrogen) atoms. The highest BCUT2D eigenvalue weighted by Gasteiger charge is 2.37. The van der Waals surface area contributed by atoms with Crippen LogP contribution in [0.1, 0.15) is 48.3 Å². The van der Waals surface area contributed by atoms with Gasteiger partial charge in [-0.15, -0.1) is 0 Å². The molecule has 0 radical (unpaired) electrons. The van der Waals surface area contributed by atoms with E-state index in [0.717, 1.165) is 16.9 Å². The predicted octanol–water partition coefficient (Wildman–Crippen LogP) is 3.43. The molecule has 0 amide bonds. The van der Waals surface area contributed by atoms with Gasteiger partial charge in [-0.25, -0.2) is 0 Å². The quantitative estimate of drug-likeness (QED) is 0.723. The number of phenolic OH excluding ortho intramolecular Hbond substituents is 1. The summed E-state index contributed by atoms with van der Waals surface area (Å²) in [7, 11) is 0. The lowest BCUT2D eigenvalue weighted by molar-refractivity contribution is 0.163. The fraction of sp³-hybridized carbons (Fsp3) is 0.571. The van der Waals surface area contributed by atoms with Gasteiger partial charge in [-0.1, -0.05) is 6.42 Å². The summed E-state index contributed by atoms with van der Waals surface area (Å²) in [6.45, 7) is 4.00. The fourth-order valence-electron chi connectivity index (χ4n) is 3.08. The summed E-state index contributed by atoms with van der Waals surface area (Å²) < 4.78 is 6.07. The van der Waals surface area contributed by atoms with Gasteiger partial charge < -0.3 is 9.84 Å². The average molecular weight is 218 g/mol. The van der Waals surface area contributed by atoms with E-state index in [-0.39, 0.29) is 0 Å². The van der Waals surface area contributed by atoms with Crippen LogP contribution in [0.5, 0.6) is 11.5 Å². The van der Waals surface area contributed by atoms with E-state index in [1.165, 1.54) is 31.2 Å². The van der Waals surface area contributed by atoms with E-state index in [0.29, 0.717) is 17.8 Å². The minimum Gasteiger partial charge on any atom is -0.508 e. The van der Waals surface area contributed by atoms with E-state index in [2.05, 4.69) is 0 Å². The molecule has 1 fully saturated rings. The molecule has 1 aromatic rings. The molecule has 1 aliphatic carbocycles. The molecule has 1 aromatic carbocycles. The summed E-state index contributed by atoms with van der Waals surface area (Å²) in [6.07, 6.45) is 5.30. The summed E-state index contributed by atoms with van der Waals surface area (Å²) in [5.74, 6) is 1.99. The number of fused-ring (bicyclic) bond motifs is 3. The van der Waals surface area contributed by atoms with Crippen molar-refractivity contribution >= 4 is 0 Å². The maximum atomic E-state index is 9.90. The number of benzene rings is 1. The van der Waals surface area contributed by atoms with E-state index < -0.39 is 0 Å². The van der Waals surface area contributed by atoms with Crippen molar-refractivity contribution in [3.05, 3.63) is 22.8 Å². The van der Waals surface area contributed by atoms with Gasteiger partial charge in [-0.05, 0) is 50.3 Å². The van der Waals surface area contributed by atoms with Gasteiger partial charge in [0.2, 0.25) is 0 Å². The first-order chi connectivity index (χ1) is 7.68. The van der Waals surface area contributed by atoms with Crippen LogP contribution in [-0.2, 0) is 0 Å². The van der Waals surface area contributed by atoms with Crippen LogP contribution in [0.4, 0.5) is 0 Å². The maximum absolute atomic E-state index is 9.90. The van der Waals surface area contributed by atoms with E-state index in [1.54, 1.807) is 0 Å². The largest absolute Gasteiger partial charge is 0.508 e. The van der Waals surface area contributed by atoms with E-state index in [1.807, 2.05) is 19.9 Å². The van der Waals surface area contributed by atoms with Crippen LogP contribution in [0.25, 0.3) is 0 Å². The Hall–Kier alpha value is -1.18. The second kappa shape index (κ2) is 3.41. The second-order valence-corrected chi connectivity index (χ2v) is 5.11. The van der Waals surface area contributed by atoms with Gasteiger partial charge >= 0.3 is 0 Å². The normalized spacial score (nSPS) is 27.1. The van der Waals surface area contributed by atoms with Gasteiger partial charge in [-0.3, -0.25) is 0 Å². The van der Waals surface area contributed by atoms with Crippen LogP contribution in [0, 0.1) is 13.8 Å². The SMILES string of the molecule is Cc1c(O)cc2c(c1C)O[C@@H]1CCCC[C@H]21. The van der Waals surface area contributed by atoms with Crippen LogP contribution < -0.4 is 4.74 Å². The smallest absolute Gasteiger partial charge is 0.126 e. The Morgan fingerprint density at radius 2 is 1.94 bits per heavy atom. The second-order valence-electron chi connectivity index (χ2n) is 5.11. The van der Waals surface area contributed by atoms with Crippen LogP contribution in [-0.4, -0.2) is 11.2 Å². The Bertz CT molecular complexity index is 437. The Labute approximate surface area is 96.2 Å². The van der Waals surface area contributed by atoms with Crippen LogP contribution in [0.2, 0.25) is 0 Å². The molecule has 2 aliphatic rings. The molecule has 1 saturated carbocycles. The van der Waals surface area contributed by atoms with Crippen molar-refractivity contribution in [2.24, 2.45) is 0 Å². The van der Waals surface area contributed by atoms with Crippen molar-refractivity contribution in [2.75, 3.05) is 0 Å². The lowest BCUT2D eigenvalue weighted by atomic mass is 9.82. The molecule has 0 spiro atoms. The van der Waals surface area contributed by atoms with Crippen LogP contribution in [0.15, 0.2) is 6.07 Å². The summed E-state index contributed by atoms with van der Waals surface area (Å²) in [5, 5.41) is 9.90. The van der Waals surface area contributed by atoms with Crippen molar-refractivity contribution in [3.63, 3.8) is 0 Å². The maximum Gasteiger partial charge on any atom is 0.126 e. The van der Waals surface area contributed by atoms with Gasteiger partial charge in [0.05, 0.1) is 0 Å². The Balaban J connectivity index is 2.12. The molecule has 1 aliphatic heterocycles. The molecular weight excluding hydrogens is 200 g/mol. The third-order valence-electron chi connectivity index (χ3n) is 4.21. The first kappa shape index (κ1) is 10.0. The number of hydrogen-bond donors (Lipinski definition) is 1. The number of phenols is 1. The average Bonchev–Trinajstić information content (AvgIpc) is 2.65. The van der Waals surface area contributed by atoms with Crippen molar-refractivity contribution in [3.8, 4) is 11.5 Å². The molecule has 3 rings (SSSR count). The monoisotopic (exact) mass is 218 g/mol. The number of hydrogen-bond acceptors (Lipinski definition) is 2. The summed E-state index contributed by atoms with van der Waals surface area (Å²) in [5.41, 5.74) is 3.31. The summed E-state index contributed by atoms with van der Waals surface area (Å²) >= 11 is 0. The van der Waals surface area contributed by atoms with Crippen molar-refractivity contribution in [2.45, 2.75) is 51.6 Å². The van der Waals surface area contributed by atoms with Gasteiger partial charge in [0.15, 0.2) is 0 Å². The first-order valence-electron chi connectivity index (χ1n) is 6.18. The number of aromatic hydroxyl groups is 1. The van der Waals surface area contributed by atoms with E-state index >= 15 is 0 Å². The zero-order valence-electron chi connectivity index (χ0n) is 9.92. The molecule has 1 N–H and O–H groups in total. The lowest BCUT2D eigenvalue weighted by Crippen LogP contribution is -2.22. The molecular formula is C14H18O2. The van der Waals surface area contributed by atoms with E-state index in [4.69, 9.17) is 4.74 Å². The summed E-state index contributed by atoms with van der Waals surface area (Å²) in [4.78, 5) is 0.